The first-order valence-corrected chi connectivity index (χ1v) is 14.5. The van der Waals surface area contributed by atoms with Crippen molar-refractivity contribution in [3.05, 3.63) is 58.7 Å². The van der Waals surface area contributed by atoms with Crippen LogP contribution in [-0.2, 0) is 24.0 Å². The van der Waals surface area contributed by atoms with Gasteiger partial charge in [0.1, 0.15) is 0 Å². The zero-order valence-electron chi connectivity index (χ0n) is 25.2. The second-order valence-electron chi connectivity index (χ2n) is 13.7. The Morgan fingerprint density at radius 3 is 1.25 bits per heavy atom. The van der Waals surface area contributed by atoms with E-state index in [1.54, 1.807) is 0 Å². The van der Waals surface area contributed by atoms with Crippen LogP contribution in [0.25, 0.3) is 0 Å². The standard InChI is InChI=1S/C32H40B2N2O4/c1-28(2)29(3,4)38-33(37-28)24-12-14-26(22(18-24)20-35)32(16-10-9-11-17-32)27-15-13-25(19-23(27)21-36)34-39-30(5,6)31(7,8)40-34/h12-15,18-19H,9-11,16-17H2,1-8H3. The molecular weight excluding hydrogens is 498 g/mol. The molecule has 0 bridgehead atoms. The summed E-state index contributed by atoms with van der Waals surface area (Å²) >= 11 is 0. The number of hydrogen-bond acceptors (Lipinski definition) is 6. The highest BCUT2D eigenvalue weighted by Gasteiger charge is 2.53. The minimum atomic E-state index is -0.540. The fraction of sp³-hybridized carbons (Fsp3) is 0.562. The van der Waals surface area contributed by atoms with Crippen molar-refractivity contribution < 1.29 is 18.6 Å². The van der Waals surface area contributed by atoms with E-state index in [0.29, 0.717) is 11.1 Å². The summed E-state index contributed by atoms with van der Waals surface area (Å²) < 4.78 is 25.1. The monoisotopic (exact) mass is 538 g/mol. The molecule has 2 saturated heterocycles. The van der Waals surface area contributed by atoms with Gasteiger partial charge in [-0.1, -0.05) is 43.5 Å². The molecule has 2 aromatic rings. The average Bonchev–Trinajstić information content (AvgIpc) is 3.27. The van der Waals surface area contributed by atoms with Crippen molar-refractivity contribution in [3.63, 3.8) is 0 Å². The van der Waals surface area contributed by atoms with E-state index in [-0.39, 0.29) is 0 Å². The van der Waals surface area contributed by atoms with Gasteiger partial charge in [-0.2, -0.15) is 10.5 Å². The Morgan fingerprint density at radius 1 is 0.575 bits per heavy atom. The Labute approximate surface area is 240 Å². The summed E-state index contributed by atoms with van der Waals surface area (Å²) in [5.74, 6) is 0. The van der Waals surface area contributed by atoms with Crippen molar-refractivity contribution in [1.29, 1.82) is 10.5 Å². The number of nitriles is 2. The predicted molar refractivity (Wildman–Crippen MR) is 158 cm³/mol. The SMILES string of the molecule is CC1(C)OB(c2ccc(C3(c4ccc(B5OC(C)(C)C(C)(C)O5)cc4C#N)CCCCC3)c(C#N)c2)OC1(C)C. The minimum absolute atomic E-state index is 0.433. The van der Waals surface area contributed by atoms with Gasteiger partial charge in [0.05, 0.1) is 45.7 Å². The maximum Gasteiger partial charge on any atom is 0.494 e. The van der Waals surface area contributed by atoms with Crippen LogP contribution in [0.3, 0.4) is 0 Å². The Balaban J connectivity index is 1.56. The smallest absolute Gasteiger partial charge is 0.399 e. The van der Waals surface area contributed by atoms with Gasteiger partial charge in [0, 0.05) is 5.41 Å². The predicted octanol–water partition coefficient (Wildman–Crippen LogP) is 5.28. The molecule has 3 aliphatic rings. The molecule has 2 heterocycles. The number of hydrogen-bond donors (Lipinski definition) is 0. The van der Waals surface area contributed by atoms with E-state index < -0.39 is 42.1 Å². The Kier molecular flexibility index (Phi) is 7.04. The van der Waals surface area contributed by atoms with Crippen LogP contribution in [0.4, 0.5) is 0 Å². The normalized spacial score (nSPS) is 23.9. The molecule has 40 heavy (non-hydrogen) atoms. The summed E-state index contributed by atoms with van der Waals surface area (Å²) in [6.07, 6.45) is 4.97. The lowest BCUT2D eigenvalue weighted by Gasteiger charge is -2.40. The Morgan fingerprint density at radius 2 is 0.925 bits per heavy atom. The van der Waals surface area contributed by atoms with E-state index >= 15 is 0 Å². The van der Waals surface area contributed by atoms with Crippen molar-refractivity contribution in [3.8, 4) is 12.1 Å². The van der Waals surface area contributed by atoms with E-state index in [4.69, 9.17) is 18.6 Å². The second-order valence-corrected chi connectivity index (χ2v) is 13.7. The first-order chi connectivity index (χ1) is 18.7. The molecule has 0 spiro atoms. The fourth-order valence-corrected chi connectivity index (χ4v) is 6.23. The highest BCUT2D eigenvalue weighted by atomic mass is 16.7. The Hall–Kier alpha value is -2.61. The molecule has 0 amide bonds. The van der Waals surface area contributed by atoms with Crippen LogP contribution in [0.2, 0.25) is 0 Å². The summed E-state index contributed by atoms with van der Waals surface area (Å²) in [6.45, 7) is 16.2. The highest BCUT2D eigenvalue weighted by molar-refractivity contribution is 6.62. The lowest BCUT2D eigenvalue weighted by molar-refractivity contribution is 0.00578. The quantitative estimate of drug-likeness (QED) is 0.493. The summed E-state index contributed by atoms with van der Waals surface area (Å²) in [5.41, 5.74) is 2.52. The second kappa shape index (κ2) is 9.74. The Bertz CT molecular complexity index is 1270. The van der Waals surface area contributed by atoms with Crippen LogP contribution in [0, 0.1) is 22.7 Å². The van der Waals surface area contributed by atoms with Crippen LogP contribution >= 0.6 is 0 Å². The zero-order valence-corrected chi connectivity index (χ0v) is 25.2. The number of nitrogens with zero attached hydrogens (tertiary/aromatic N) is 2. The molecule has 0 unspecified atom stereocenters. The van der Waals surface area contributed by atoms with Gasteiger partial charge in [-0.25, -0.2) is 0 Å². The molecule has 6 nitrogen and oxygen atoms in total. The van der Waals surface area contributed by atoms with Gasteiger partial charge in [0.25, 0.3) is 0 Å². The van der Waals surface area contributed by atoms with E-state index in [1.807, 2.05) is 79.7 Å². The van der Waals surface area contributed by atoms with Crippen molar-refractivity contribution >= 4 is 25.2 Å². The molecule has 2 aliphatic heterocycles. The van der Waals surface area contributed by atoms with E-state index in [0.717, 1.165) is 54.2 Å². The van der Waals surface area contributed by atoms with Gasteiger partial charge >= 0.3 is 14.2 Å². The number of benzene rings is 2. The van der Waals surface area contributed by atoms with Gasteiger partial charge in [0.2, 0.25) is 0 Å². The molecule has 208 valence electrons. The molecule has 8 heteroatoms. The van der Waals surface area contributed by atoms with E-state index in [2.05, 4.69) is 24.3 Å². The van der Waals surface area contributed by atoms with Crippen molar-refractivity contribution in [2.24, 2.45) is 0 Å². The van der Waals surface area contributed by atoms with Crippen LogP contribution in [0.15, 0.2) is 36.4 Å². The van der Waals surface area contributed by atoms with Gasteiger partial charge in [-0.05, 0) is 102 Å². The van der Waals surface area contributed by atoms with Crippen LogP contribution < -0.4 is 10.9 Å². The van der Waals surface area contributed by atoms with Crippen LogP contribution in [-0.4, -0.2) is 36.6 Å². The maximum absolute atomic E-state index is 10.4. The molecule has 0 aromatic heterocycles. The molecule has 0 atom stereocenters. The topological polar surface area (TPSA) is 84.5 Å². The summed E-state index contributed by atoms with van der Waals surface area (Å²) in [6, 6.07) is 17.0. The molecule has 1 saturated carbocycles. The molecule has 5 rings (SSSR count). The van der Waals surface area contributed by atoms with Crippen LogP contribution in [0.5, 0.6) is 0 Å². The lowest BCUT2D eigenvalue weighted by Crippen LogP contribution is -2.41. The van der Waals surface area contributed by atoms with Gasteiger partial charge < -0.3 is 18.6 Å². The van der Waals surface area contributed by atoms with Gasteiger partial charge in [-0.15, -0.1) is 0 Å². The van der Waals surface area contributed by atoms with E-state index in [9.17, 15) is 10.5 Å². The summed E-state index contributed by atoms with van der Waals surface area (Å²) in [7, 11) is -1.08. The third kappa shape index (κ3) is 4.60. The third-order valence-electron chi connectivity index (χ3n) is 10.1. The maximum atomic E-state index is 10.4. The van der Waals surface area contributed by atoms with Crippen LogP contribution in [0.1, 0.15) is 110 Å². The van der Waals surface area contributed by atoms with Crippen molar-refractivity contribution in [2.45, 2.75) is 115 Å². The minimum Gasteiger partial charge on any atom is -0.399 e. The van der Waals surface area contributed by atoms with E-state index in [1.165, 1.54) is 0 Å². The van der Waals surface area contributed by atoms with Gasteiger partial charge in [-0.3, -0.25) is 0 Å². The summed E-state index contributed by atoms with van der Waals surface area (Å²) in [4.78, 5) is 0. The molecule has 1 aliphatic carbocycles. The molecular formula is C32H40B2N2O4. The molecule has 3 fully saturated rings. The van der Waals surface area contributed by atoms with Crippen molar-refractivity contribution in [2.75, 3.05) is 0 Å². The first kappa shape index (κ1) is 28.9. The molecule has 2 aromatic carbocycles. The largest absolute Gasteiger partial charge is 0.494 e. The van der Waals surface area contributed by atoms with Crippen molar-refractivity contribution in [1.82, 2.24) is 0 Å². The first-order valence-electron chi connectivity index (χ1n) is 14.5. The zero-order chi connectivity index (χ0) is 29.1. The number of rotatable bonds is 4. The van der Waals surface area contributed by atoms with Gasteiger partial charge in [0.15, 0.2) is 0 Å². The fourth-order valence-electron chi connectivity index (χ4n) is 6.23. The average molecular weight is 538 g/mol. The lowest BCUT2D eigenvalue weighted by atomic mass is 9.62. The highest BCUT2D eigenvalue weighted by Crippen LogP contribution is 2.47. The molecule has 0 radical (unpaired) electrons. The third-order valence-corrected chi connectivity index (χ3v) is 10.1. The molecule has 0 N–H and O–H groups in total. The summed E-state index contributed by atoms with van der Waals surface area (Å²) in [5, 5.41) is 20.7.